The van der Waals surface area contributed by atoms with Crippen molar-refractivity contribution in [3.05, 3.63) is 35.2 Å². The van der Waals surface area contributed by atoms with E-state index in [1.54, 1.807) is 6.07 Å². The SMILES string of the molecule is COc1cc(N)ccc1NS(=O)(=O)c1ccc(C#N)s1. The van der Waals surface area contributed by atoms with E-state index in [0.717, 1.165) is 11.3 Å². The molecule has 8 heteroatoms. The van der Waals surface area contributed by atoms with Crippen LogP contribution in [0.25, 0.3) is 0 Å². The highest BCUT2D eigenvalue weighted by Gasteiger charge is 2.19. The number of nitriles is 1. The average molecular weight is 309 g/mol. The first kappa shape index (κ1) is 14.2. The van der Waals surface area contributed by atoms with Gasteiger partial charge in [0.05, 0.1) is 12.8 Å². The van der Waals surface area contributed by atoms with Gasteiger partial charge in [-0.1, -0.05) is 0 Å². The molecular formula is C12H11N3O3S2. The molecular weight excluding hydrogens is 298 g/mol. The summed E-state index contributed by atoms with van der Waals surface area (Å²) in [6.07, 6.45) is 0. The lowest BCUT2D eigenvalue weighted by molar-refractivity contribution is 0.417. The van der Waals surface area contributed by atoms with Crippen molar-refractivity contribution < 1.29 is 13.2 Å². The molecule has 1 heterocycles. The summed E-state index contributed by atoms with van der Waals surface area (Å²) in [5.41, 5.74) is 6.36. The number of ether oxygens (including phenoxy) is 1. The predicted octanol–water partition coefficient (Wildman–Crippen LogP) is 2.01. The molecule has 3 N–H and O–H groups in total. The van der Waals surface area contributed by atoms with Crippen LogP contribution in [0.1, 0.15) is 4.88 Å². The second-order valence-electron chi connectivity index (χ2n) is 3.80. The molecule has 0 amide bonds. The van der Waals surface area contributed by atoms with Crippen LogP contribution in [0.2, 0.25) is 0 Å². The molecule has 0 bridgehead atoms. The van der Waals surface area contributed by atoms with E-state index in [1.165, 1.54) is 31.4 Å². The van der Waals surface area contributed by atoms with Gasteiger partial charge in [0.15, 0.2) is 0 Å². The fraction of sp³-hybridized carbons (Fsp3) is 0.0833. The summed E-state index contributed by atoms with van der Waals surface area (Å²) in [5, 5.41) is 8.73. The molecule has 0 radical (unpaired) electrons. The van der Waals surface area contributed by atoms with E-state index >= 15 is 0 Å². The van der Waals surface area contributed by atoms with Crippen molar-refractivity contribution in [2.24, 2.45) is 0 Å². The van der Waals surface area contributed by atoms with Gasteiger partial charge in [0.2, 0.25) is 0 Å². The van der Waals surface area contributed by atoms with Gasteiger partial charge in [0, 0.05) is 11.8 Å². The number of sulfonamides is 1. The molecule has 0 atom stereocenters. The first-order chi connectivity index (χ1) is 9.46. The fourth-order valence-corrected chi connectivity index (χ4v) is 3.69. The molecule has 0 aliphatic carbocycles. The number of methoxy groups -OCH3 is 1. The second-order valence-corrected chi connectivity index (χ2v) is 6.79. The number of benzene rings is 1. The van der Waals surface area contributed by atoms with Crippen LogP contribution in [-0.2, 0) is 10.0 Å². The number of nitrogens with two attached hydrogens (primary N) is 1. The average Bonchev–Trinajstić information content (AvgIpc) is 2.90. The summed E-state index contributed by atoms with van der Waals surface area (Å²) in [6.45, 7) is 0. The summed E-state index contributed by atoms with van der Waals surface area (Å²) in [7, 11) is -2.33. The van der Waals surface area contributed by atoms with E-state index in [-0.39, 0.29) is 9.90 Å². The first-order valence-electron chi connectivity index (χ1n) is 5.42. The van der Waals surface area contributed by atoms with Gasteiger partial charge < -0.3 is 10.5 Å². The van der Waals surface area contributed by atoms with Crippen molar-refractivity contribution in [3.63, 3.8) is 0 Å². The predicted molar refractivity (Wildman–Crippen MR) is 77.2 cm³/mol. The lowest BCUT2D eigenvalue weighted by Crippen LogP contribution is -2.12. The molecule has 6 nitrogen and oxygen atoms in total. The minimum Gasteiger partial charge on any atom is -0.494 e. The Kier molecular flexibility index (Phi) is 3.83. The smallest absolute Gasteiger partial charge is 0.271 e. The zero-order valence-corrected chi connectivity index (χ0v) is 12.1. The normalized spacial score (nSPS) is 10.8. The van der Waals surface area contributed by atoms with Crippen LogP contribution < -0.4 is 15.2 Å². The van der Waals surface area contributed by atoms with Crippen molar-refractivity contribution in [2.75, 3.05) is 17.6 Å². The van der Waals surface area contributed by atoms with Gasteiger partial charge in [-0.25, -0.2) is 8.42 Å². The quantitative estimate of drug-likeness (QED) is 0.840. The number of thiophene rings is 1. The molecule has 0 aliphatic rings. The van der Waals surface area contributed by atoms with Crippen molar-refractivity contribution in [1.82, 2.24) is 0 Å². The van der Waals surface area contributed by atoms with Crippen LogP contribution in [0, 0.1) is 11.3 Å². The molecule has 0 fully saturated rings. The highest BCUT2D eigenvalue weighted by Crippen LogP contribution is 2.30. The van der Waals surface area contributed by atoms with Gasteiger partial charge in [0.25, 0.3) is 10.0 Å². The number of nitrogens with one attached hydrogen (secondary N) is 1. The number of anilines is 2. The number of nitrogens with zero attached hydrogens (tertiary/aromatic N) is 1. The third-order valence-electron chi connectivity index (χ3n) is 2.43. The highest BCUT2D eigenvalue weighted by molar-refractivity contribution is 7.94. The Balaban J connectivity index is 2.36. The minimum absolute atomic E-state index is 0.0629. The number of rotatable bonds is 4. The molecule has 0 aliphatic heterocycles. The van der Waals surface area contributed by atoms with Crippen LogP contribution >= 0.6 is 11.3 Å². The van der Waals surface area contributed by atoms with Crippen molar-refractivity contribution >= 4 is 32.7 Å². The molecule has 20 heavy (non-hydrogen) atoms. The van der Waals surface area contributed by atoms with Gasteiger partial charge in [-0.2, -0.15) is 5.26 Å². The Bertz CT molecular complexity index is 775. The minimum atomic E-state index is -3.75. The second kappa shape index (κ2) is 5.40. The number of hydrogen-bond donors (Lipinski definition) is 2. The fourth-order valence-electron chi connectivity index (χ4n) is 1.51. The van der Waals surface area contributed by atoms with E-state index in [0.29, 0.717) is 16.3 Å². The maximum atomic E-state index is 12.2. The Morgan fingerprint density at radius 2 is 2.10 bits per heavy atom. The molecule has 2 aromatic rings. The van der Waals surface area contributed by atoms with Crippen molar-refractivity contribution in [1.29, 1.82) is 5.26 Å². The molecule has 0 unspecified atom stereocenters. The van der Waals surface area contributed by atoms with Gasteiger partial charge in [-0.15, -0.1) is 11.3 Å². The standard InChI is InChI=1S/C12H11N3O3S2/c1-18-11-6-8(14)2-4-10(11)15-20(16,17)12-5-3-9(7-13)19-12/h2-6,15H,14H2,1H3. The molecule has 0 saturated heterocycles. The number of hydrogen-bond acceptors (Lipinski definition) is 6. The summed E-state index contributed by atoms with van der Waals surface area (Å²) in [5.74, 6) is 0.325. The van der Waals surface area contributed by atoms with Crippen LogP contribution in [0.4, 0.5) is 11.4 Å². The van der Waals surface area contributed by atoms with Crippen LogP contribution in [0.3, 0.4) is 0 Å². The molecule has 2 rings (SSSR count). The van der Waals surface area contributed by atoms with E-state index in [2.05, 4.69) is 4.72 Å². The van der Waals surface area contributed by atoms with Crippen LogP contribution in [0.5, 0.6) is 5.75 Å². The van der Waals surface area contributed by atoms with Gasteiger partial charge >= 0.3 is 0 Å². The Morgan fingerprint density at radius 3 is 2.70 bits per heavy atom. The monoisotopic (exact) mass is 309 g/mol. The topological polar surface area (TPSA) is 105 Å². The zero-order chi connectivity index (χ0) is 14.8. The first-order valence-corrected chi connectivity index (χ1v) is 7.72. The third-order valence-corrected chi connectivity index (χ3v) is 5.27. The van der Waals surface area contributed by atoms with Crippen LogP contribution in [0.15, 0.2) is 34.5 Å². The summed E-state index contributed by atoms with van der Waals surface area (Å²) < 4.78 is 31.9. The van der Waals surface area contributed by atoms with Gasteiger partial charge in [-0.3, -0.25) is 4.72 Å². The van der Waals surface area contributed by atoms with Gasteiger partial charge in [-0.05, 0) is 24.3 Å². The third kappa shape index (κ3) is 2.84. The summed E-state index contributed by atoms with van der Waals surface area (Å²) in [4.78, 5) is 0.328. The summed E-state index contributed by atoms with van der Waals surface area (Å²) in [6, 6.07) is 9.34. The Hall–Kier alpha value is -2.24. The van der Waals surface area contributed by atoms with E-state index < -0.39 is 10.0 Å². The van der Waals surface area contributed by atoms with E-state index in [1.807, 2.05) is 6.07 Å². The lowest BCUT2D eigenvalue weighted by Gasteiger charge is -2.11. The lowest BCUT2D eigenvalue weighted by atomic mass is 10.2. The maximum Gasteiger partial charge on any atom is 0.271 e. The molecule has 1 aromatic heterocycles. The molecule has 104 valence electrons. The maximum absolute atomic E-state index is 12.2. The van der Waals surface area contributed by atoms with E-state index in [4.69, 9.17) is 15.7 Å². The summed E-state index contributed by atoms with van der Waals surface area (Å²) >= 11 is 0.899. The molecule has 0 saturated carbocycles. The Morgan fingerprint density at radius 1 is 1.35 bits per heavy atom. The van der Waals surface area contributed by atoms with E-state index in [9.17, 15) is 8.42 Å². The largest absolute Gasteiger partial charge is 0.494 e. The zero-order valence-electron chi connectivity index (χ0n) is 10.5. The molecule has 0 spiro atoms. The highest BCUT2D eigenvalue weighted by atomic mass is 32.2. The number of nitrogen functional groups attached to an aromatic ring is 1. The van der Waals surface area contributed by atoms with Gasteiger partial charge in [0.1, 0.15) is 20.9 Å². The van der Waals surface area contributed by atoms with Crippen LogP contribution in [-0.4, -0.2) is 15.5 Å². The van der Waals surface area contributed by atoms with Crippen molar-refractivity contribution in [3.8, 4) is 11.8 Å². The molecule has 1 aromatic carbocycles. The van der Waals surface area contributed by atoms with Crippen molar-refractivity contribution in [2.45, 2.75) is 4.21 Å². The Labute approximate surface area is 120 Å².